The second kappa shape index (κ2) is 10.3. The quantitative estimate of drug-likeness (QED) is 0.583. The van der Waals surface area contributed by atoms with Crippen LogP contribution in [0.4, 0.5) is 5.69 Å². The highest BCUT2D eigenvalue weighted by Crippen LogP contribution is 2.22. The lowest BCUT2D eigenvalue weighted by molar-refractivity contribution is -0.121. The van der Waals surface area contributed by atoms with Crippen molar-refractivity contribution in [2.24, 2.45) is 5.92 Å². The molecule has 1 aliphatic heterocycles. The number of benzene rings is 2. The van der Waals surface area contributed by atoms with Crippen LogP contribution in [-0.4, -0.2) is 29.8 Å². The number of furan rings is 1. The summed E-state index contributed by atoms with van der Waals surface area (Å²) in [5.74, 6) is 0.288. The van der Waals surface area contributed by atoms with Gasteiger partial charge in [0.05, 0.1) is 30.0 Å². The van der Waals surface area contributed by atoms with E-state index in [-0.39, 0.29) is 17.7 Å². The summed E-state index contributed by atoms with van der Waals surface area (Å²) in [5, 5.41) is 5.84. The van der Waals surface area contributed by atoms with Gasteiger partial charge in [-0.1, -0.05) is 42.0 Å². The number of rotatable bonds is 7. The molecule has 3 aromatic rings. The molecule has 6 nitrogen and oxygen atoms in total. The highest BCUT2D eigenvalue weighted by Gasteiger charge is 2.26. The van der Waals surface area contributed by atoms with E-state index in [1.165, 1.54) is 11.1 Å². The van der Waals surface area contributed by atoms with Gasteiger partial charge in [0.1, 0.15) is 5.76 Å². The van der Waals surface area contributed by atoms with E-state index in [9.17, 15) is 9.59 Å². The topological polar surface area (TPSA) is 74.6 Å². The minimum atomic E-state index is -0.248. The number of nitrogens with one attached hydrogen (secondary N) is 2. The van der Waals surface area contributed by atoms with Gasteiger partial charge < -0.3 is 15.1 Å². The summed E-state index contributed by atoms with van der Waals surface area (Å²) in [7, 11) is 0. The number of carbonyl (C=O) groups excluding carboxylic acids is 2. The molecule has 0 radical (unpaired) electrons. The van der Waals surface area contributed by atoms with Crippen LogP contribution in [0.25, 0.3) is 0 Å². The van der Waals surface area contributed by atoms with Crippen LogP contribution in [0.5, 0.6) is 0 Å². The maximum atomic E-state index is 13.1. The lowest BCUT2D eigenvalue weighted by Crippen LogP contribution is -2.40. The Hall–Kier alpha value is -3.38. The van der Waals surface area contributed by atoms with Crippen molar-refractivity contribution in [1.82, 2.24) is 10.2 Å². The van der Waals surface area contributed by atoms with Crippen molar-refractivity contribution in [3.8, 4) is 0 Å². The predicted molar refractivity (Wildman–Crippen MR) is 124 cm³/mol. The van der Waals surface area contributed by atoms with Gasteiger partial charge in [0, 0.05) is 13.1 Å². The molecule has 1 aromatic heterocycles. The van der Waals surface area contributed by atoms with Crippen LogP contribution in [0.3, 0.4) is 0 Å². The van der Waals surface area contributed by atoms with E-state index in [1.54, 1.807) is 36.6 Å². The Bertz CT molecular complexity index is 1060. The zero-order valence-corrected chi connectivity index (χ0v) is 18.3. The molecule has 6 heteroatoms. The summed E-state index contributed by atoms with van der Waals surface area (Å²) in [6, 6.07) is 19.2. The minimum absolute atomic E-state index is 0.0368. The number of anilines is 1. The van der Waals surface area contributed by atoms with Crippen LogP contribution >= 0.6 is 0 Å². The molecular weight excluding hydrogens is 402 g/mol. The Kier molecular flexibility index (Phi) is 7.02. The van der Waals surface area contributed by atoms with E-state index in [2.05, 4.69) is 46.7 Å². The number of likely N-dealkylation sites (tertiary alicyclic amines) is 1. The number of hydrogen-bond donors (Lipinski definition) is 2. The minimum Gasteiger partial charge on any atom is -0.467 e. The van der Waals surface area contributed by atoms with Crippen LogP contribution in [0, 0.1) is 12.8 Å². The van der Waals surface area contributed by atoms with Crippen molar-refractivity contribution < 1.29 is 14.0 Å². The fraction of sp³-hybridized carbons (Fsp3) is 0.308. The number of amides is 2. The molecule has 32 heavy (non-hydrogen) atoms. The summed E-state index contributed by atoms with van der Waals surface area (Å²) in [6.07, 6.45) is 3.40. The van der Waals surface area contributed by atoms with Crippen LogP contribution in [-0.2, 0) is 17.9 Å². The average molecular weight is 432 g/mol. The van der Waals surface area contributed by atoms with E-state index >= 15 is 0 Å². The van der Waals surface area contributed by atoms with E-state index < -0.39 is 0 Å². The van der Waals surface area contributed by atoms with Crippen LogP contribution in [0.2, 0.25) is 0 Å². The molecule has 0 bridgehead atoms. The Morgan fingerprint density at radius 2 is 1.97 bits per heavy atom. The first kappa shape index (κ1) is 21.8. The molecule has 1 atom stereocenters. The smallest absolute Gasteiger partial charge is 0.253 e. The molecule has 0 aliphatic carbocycles. The van der Waals surface area contributed by atoms with Gasteiger partial charge in [0.15, 0.2) is 0 Å². The molecule has 1 aliphatic rings. The predicted octanol–water partition coefficient (Wildman–Crippen LogP) is 4.37. The molecule has 1 saturated heterocycles. The number of carbonyl (C=O) groups is 2. The molecule has 166 valence electrons. The lowest BCUT2D eigenvalue weighted by Gasteiger charge is -2.32. The number of piperidine rings is 1. The Labute approximate surface area is 188 Å². The second-order valence-corrected chi connectivity index (χ2v) is 8.36. The van der Waals surface area contributed by atoms with Crippen LogP contribution in [0.15, 0.2) is 71.3 Å². The summed E-state index contributed by atoms with van der Waals surface area (Å²) < 4.78 is 5.26. The highest BCUT2D eigenvalue weighted by molar-refractivity contribution is 6.04. The Morgan fingerprint density at radius 3 is 2.78 bits per heavy atom. The summed E-state index contributed by atoms with van der Waals surface area (Å²) in [4.78, 5) is 28.1. The third-order valence-electron chi connectivity index (χ3n) is 5.80. The van der Waals surface area contributed by atoms with Gasteiger partial charge >= 0.3 is 0 Å². The third-order valence-corrected chi connectivity index (χ3v) is 5.80. The van der Waals surface area contributed by atoms with Gasteiger partial charge in [0.25, 0.3) is 5.91 Å². The van der Waals surface area contributed by atoms with Crippen molar-refractivity contribution in [2.75, 3.05) is 18.4 Å². The molecule has 2 amide bonds. The van der Waals surface area contributed by atoms with Crippen molar-refractivity contribution in [3.63, 3.8) is 0 Å². The Morgan fingerprint density at radius 1 is 1.09 bits per heavy atom. The maximum absolute atomic E-state index is 13.1. The maximum Gasteiger partial charge on any atom is 0.253 e. The molecular formula is C26H29N3O3. The van der Waals surface area contributed by atoms with Crippen molar-refractivity contribution in [3.05, 3.63) is 89.4 Å². The fourth-order valence-corrected chi connectivity index (χ4v) is 4.18. The standard InChI is InChI=1S/C26H29N3O3/c1-19-7-4-8-20(15-19)17-29-13-5-9-21(18-29)25(30)28-24-12-3-2-11-23(24)26(31)27-16-22-10-6-14-32-22/h2-4,6-8,10-12,14-15,21H,5,9,13,16-18H2,1H3,(H,27,31)(H,28,30). The van der Waals surface area contributed by atoms with Crippen molar-refractivity contribution >= 4 is 17.5 Å². The molecule has 0 spiro atoms. The fourth-order valence-electron chi connectivity index (χ4n) is 4.18. The van der Waals surface area contributed by atoms with Crippen LogP contribution < -0.4 is 10.6 Å². The molecule has 1 unspecified atom stereocenters. The number of nitrogens with zero attached hydrogens (tertiary/aromatic N) is 1. The normalized spacial score (nSPS) is 16.5. The zero-order chi connectivity index (χ0) is 22.3. The molecule has 2 aromatic carbocycles. The van der Waals surface area contributed by atoms with Gasteiger partial charge in [-0.3, -0.25) is 14.5 Å². The Balaban J connectivity index is 1.37. The number of hydrogen-bond acceptors (Lipinski definition) is 4. The highest BCUT2D eigenvalue weighted by atomic mass is 16.3. The van der Waals surface area contributed by atoms with Crippen molar-refractivity contribution in [1.29, 1.82) is 0 Å². The van der Waals surface area contributed by atoms with Gasteiger partial charge in [-0.05, 0) is 56.1 Å². The third kappa shape index (κ3) is 5.65. The molecule has 1 fully saturated rings. The number of para-hydroxylation sites is 1. The van der Waals surface area contributed by atoms with Gasteiger partial charge in [-0.15, -0.1) is 0 Å². The second-order valence-electron chi connectivity index (χ2n) is 8.36. The summed E-state index contributed by atoms with van der Waals surface area (Å²) >= 11 is 0. The molecule has 4 rings (SSSR count). The van der Waals surface area contributed by atoms with Gasteiger partial charge in [0.2, 0.25) is 5.91 Å². The SMILES string of the molecule is Cc1cccc(CN2CCCC(C(=O)Nc3ccccc3C(=O)NCc3ccco3)C2)c1. The average Bonchev–Trinajstić information content (AvgIpc) is 3.32. The monoisotopic (exact) mass is 431 g/mol. The molecule has 2 N–H and O–H groups in total. The van der Waals surface area contributed by atoms with Gasteiger partial charge in [-0.25, -0.2) is 0 Å². The van der Waals surface area contributed by atoms with E-state index in [0.717, 1.165) is 25.9 Å². The first-order chi connectivity index (χ1) is 15.6. The summed E-state index contributed by atoms with van der Waals surface area (Å²) in [5.41, 5.74) is 3.49. The largest absolute Gasteiger partial charge is 0.467 e. The zero-order valence-electron chi connectivity index (χ0n) is 18.3. The number of aryl methyl sites for hydroxylation is 1. The first-order valence-corrected chi connectivity index (χ1v) is 11.1. The first-order valence-electron chi connectivity index (χ1n) is 11.1. The van der Waals surface area contributed by atoms with E-state index in [0.29, 0.717) is 30.1 Å². The molecule has 2 heterocycles. The van der Waals surface area contributed by atoms with E-state index in [1.807, 2.05) is 6.07 Å². The van der Waals surface area contributed by atoms with Crippen LogP contribution in [0.1, 0.15) is 40.1 Å². The summed E-state index contributed by atoms with van der Waals surface area (Å²) in [6.45, 7) is 4.94. The van der Waals surface area contributed by atoms with E-state index in [4.69, 9.17) is 4.42 Å². The molecule has 0 saturated carbocycles. The van der Waals surface area contributed by atoms with Crippen molar-refractivity contribution in [2.45, 2.75) is 32.9 Å². The van der Waals surface area contributed by atoms with Gasteiger partial charge in [-0.2, -0.15) is 0 Å². The lowest BCUT2D eigenvalue weighted by atomic mass is 9.96.